The van der Waals surface area contributed by atoms with Gasteiger partial charge in [0.05, 0.1) is 13.7 Å². The zero-order valence-corrected chi connectivity index (χ0v) is 14.2. The smallest absolute Gasteiger partial charge is 0.312 e. The molecule has 0 aromatic heterocycles. The Morgan fingerprint density at radius 3 is 2.79 bits per heavy atom. The van der Waals surface area contributed by atoms with Crippen molar-refractivity contribution in [2.24, 2.45) is 5.73 Å². The molecule has 1 saturated heterocycles. The minimum Gasteiger partial charge on any atom is -0.493 e. The molecular formula is C17H25N3O4. The van der Waals surface area contributed by atoms with E-state index in [1.807, 2.05) is 6.92 Å². The van der Waals surface area contributed by atoms with Crippen LogP contribution < -0.4 is 20.5 Å². The fourth-order valence-corrected chi connectivity index (χ4v) is 2.94. The summed E-state index contributed by atoms with van der Waals surface area (Å²) in [6, 6.07) is 4.56. The average Bonchev–Trinajstić information content (AvgIpc) is 2.60. The second kappa shape index (κ2) is 8.42. The Bertz CT molecular complexity index is 591. The van der Waals surface area contributed by atoms with E-state index in [0.717, 1.165) is 19.3 Å². The molecule has 0 radical (unpaired) electrons. The number of carbonyl (C=O) groups excluding carboxylic acids is 2. The first-order valence-corrected chi connectivity index (χ1v) is 8.22. The number of primary amides is 1. The quantitative estimate of drug-likeness (QED) is 0.828. The maximum absolute atomic E-state index is 12.9. The van der Waals surface area contributed by atoms with Gasteiger partial charge in [0.1, 0.15) is 0 Å². The predicted octanol–water partition coefficient (Wildman–Crippen LogP) is 1.76. The molecule has 2 rings (SSSR count). The van der Waals surface area contributed by atoms with Crippen LogP contribution in [0.3, 0.4) is 0 Å². The molecule has 1 aliphatic heterocycles. The number of urea groups is 1. The Morgan fingerprint density at radius 2 is 2.12 bits per heavy atom. The third kappa shape index (κ3) is 4.31. The van der Waals surface area contributed by atoms with E-state index in [2.05, 4.69) is 5.32 Å². The lowest BCUT2D eigenvalue weighted by Gasteiger charge is -2.36. The van der Waals surface area contributed by atoms with Crippen molar-refractivity contribution in [3.8, 4) is 11.5 Å². The van der Waals surface area contributed by atoms with E-state index >= 15 is 0 Å². The monoisotopic (exact) mass is 335 g/mol. The number of methoxy groups -OCH3 is 1. The highest BCUT2D eigenvalue weighted by Gasteiger charge is 2.28. The largest absolute Gasteiger partial charge is 0.493 e. The van der Waals surface area contributed by atoms with Gasteiger partial charge in [-0.05, 0) is 44.4 Å². The molecule has 3 amide bonds. The van der Waals surface area contributed by atoms with Crippen LogP contribution in [0.2, 0.25) is 0 Å². The first-order chi connectivity index (χ1) is 11.6. The zero-order chi connectivity index (χ0) is 17.5. The van der Waals surface area contributed by atoms with Gasteiger partial charge in [-0.3, -0.25) is 4.79 Å². The first kappa shape index (κ1) is 17.9. The number of nitrogens with one attached hydrogen (secondary N) is 1. The molecule has 1 fully saturated rings. The average molecular weight is 335 g/mol. The summed E-state index contributed by atoms with van der Waals surface area (Å²) >= 11 is 0. The van der Waals surface area contributed by atoms with Crippen LogP contribution in [-0.2, 0) is 0 Å². The van der Waals surface area contributed by atoms with Crippen LogP contribution >= 0.6 is 0 Å². The van der Waals surface area contributed by atoms with E-state index in [0.29, 0.717) is 36.8 Å². The topological polar surface area (TPSA) is 93.9 Å². The van der Waals surface area contributed by atoms with Crippen LogP contribution in [0.4, 0.5) is 4.79 Å². The molecule has 1 aliphatic rings. The van der Waals surface area contributed by atoms with Gasteiger partial charge in [0, 0.05) is 24.7 Å². The van der Waals surface area contributed by atoms with Crippen molar-refractivity contribution in [3.63, 3.8) is 0 Å². The summed E-state index contributed by atoms with van der Waals surface area (Å²) in [6.07, 6.45) is 2.83. The second-order valence-electron chi connectivity index (χ2n) is 5.69. The van der Waals surface area contributed by atoms with Crippen LogP contribution in [0.25, 0.3) is 0 Å². The minimum atomic E-state index is -0.573. The van der Waals surface area contributed by atoms with E-state index in [1.54, 1.807) is 30.2 Å². The maximum Gasteiger partial charge on any atom is 0.312 e. The molecule has 1 atom stereocenters. The van der Waals surface area contributed by atoms with E-state index in [9.17, 15) is 9.59 Å². The highest BCUT2D eigenvalue weighted by molar-refractivity contribution is 5.95. The molecule has 1 heterocycles. The molecule has 1 aromatic rings. The second-order valence-corrected chi connectivity index (χ2v) is 5.69. The van der Waals surface area contributed by atoms with Gasteiger partial charge >= 0.3 is 6.03 Å². The highest BCUT2D eigenvalue weighted by atomic mass is 16.5. The van der Waals surface area contributed by atoms with Gasteiger partial charge in [0.25, 0.3) is 5.91 Å². The lowest BCUT2D eigenvalue weighted by molar-refractivity contribution is 0.0614. The van der Waals surface area contributed by atoms with Crippen LogP contribution in [0.5, 0.6) is 11.5 Å². The van der Waals surface area contributed by atoms with E-state index in [1.165, 1.54) is 0 Å². The maximum atomic E-state index is 12.9. The number of piperidine rings is 1. The van der Waals surface area contributed by atoms with Gasteiger partial charge in [-0.15, -0.1) is 0 Å². The third-order valence-electron chi connectivity index (χ3n) is 4.11. The molecule has 24 heavy (non-hydrogen) atoms. The number of ether oxygens (including phenoxy) is 2. The Kier molecular flexibility index (Phi) is 6.28. The Balaban J connectivity index is 2.17. The van der Waals surface area contributed by atoms with Crippen molar-refractivity contribution in [1.82, 2.24) is 10.2 Å². The Hall–Kier alpha value is -2.44. The number of nitrogens with zero attached hydrogens (tertiary/aromatic N) is 1. The summed E-state index contributed by atoms with van der Waals surface area (Å²) in [5.74, 6) is 1.07. The number of nitrogens with two attached hydrogens (primary N) is 1. The molecule has 1 aromatic carbocycles. The van der Waals surface area contributed by atoms with Crippen LogP contribution in [0, 0.1) is 0 Å². The zero-order valence-electron chi connectivity index (χ0n) is 14.2. The van der Waals surface area contributed by atoms with Crippen molar-refractivity contribution in [2.75, 3.05) is 26.8 Å². The number of carbonyl (C=O) groups is 2. The van der Waals surface area contributed by atoms with Crippen molar-refractivity contribution < 1.29 is 19.1 Å². The summed E-state index contributed by atoms with van der Waals surface area (Å²) in [6.45, 7) is 3.45. The van der Waals surface area contributed by atoms with Crippen molar-refractivity contribution >= 4 is 11.9 Å². The number of rotatable bonds is 6. The van der Waals surface area contributed by atoms with Gasteiger partial charge < -0.3 is 25.4 Å². The fourth-order valence-electron chi connectivity index (χ4n) is 2.94. The third-order valence-corrected chi connectivity index (χ3v) is 4.11. The highest BCUT2D eigenvalue weighted by Crippen LogP contribution is 2.29. The minimum absolute atomic E-state index is 0.0451. The van der Waals surface area contributed by atoms with Crippen LogP contribution in [0.15, 0.2) is 18.2 Å². The number of hydrogen-bond donors (Lipinski definition) is 2. The van der Waals surface area contributed by atoms with Crippen molar-refractivity contribution in [1.29, 1.82) is 0 Å². The number of likely N-dealkylation sites (tertiary alicyclic amines) is 1. The van der Waals surface area contributed by atoms with Gasteiger partial charge in [0.15, 0.2) is 11.5 Å². The van der Waals surface area contributed by atoms with E-state index in [-0.39, 0.29) is 11.9 Å². The number of benzene rings is 1. The molecule has 132 valence electrons. The van der Waals surface area contributed by atoms with Crippen molar-refractivity contribution in [2.45, 2.75) is 32.2 Å². The van der Waals surface area contributed by atoms with Crippen molar-refractivity contribution in [3.05, 3.63) is 23.8 Å². The molecule has 7 nitrogen and oxygen atoms in total. The van der Waals surface area contributed by atoms with Gasteiger partial charge in [-0.2, -0.15) is 0 Å². The Morgan fingerprint density at radius 1 is 1.33 bits per heavy atom. The normalized spacial score (nSPS) is 17.2. The summed E-state index contributed by atoms with van der Waals surface area (Å²) in [5, 5.41) is 2.60. The number of hydrogen-bond acceptors (Lipinski definition) is 4. The fraction of sp³-hybridized carbons (Fsp3) is 0.529. The summed E-state index contributed by atoms with van der Waals surface area (Å²) in [7, 11) is 1.55. The number of amides is 3. The predicted molar refractivity (Wildman–Crippen MR) is 90.4 cm³/mol. The molecule has 0 spiro atoms. The first-order valence-electron chi connectivity index (χ1n) is 8.22. The standard InChI is InChI=1S/C17H25N3O4/c1-3-24-14-8-7-12(10-15(14)23-2)16(21)20-9-5-4-6-13(20)11-19-17(18)22/h7-8,10,13H,3-6,9,11H2,1-2H3,(H3,18,19,22). The van der Waals surface area contributed by atoms with Crippen LogP contribution in [-0.4, -0.2) is 49.7 Å². The van der Waals surface area contributed by atoms with E-state index in [4.69, 9.17) is 15.2 Å². The van der Waals surface area contributed by atoms with Gasteiger partial charge in [0.2, 0.25) is 0 Å². The molecule has 7 heteroatoms. The molecular weight excluding hydrogens is 310 g/mol. The summed E-state index contributed by atoms with van der Waals surface area (Å²) in [4.78, 5) is 25.6. The SMILES string of the molecule is CCOc1ccc(C(=O)N2CCCCC2CNC(N)=O)cc1OC. The van der Waals surface area contributed by atoms with Crippen LogP contribution in [0.1, 0.15) is 36.5 Å². The molecule has 3 N–H and O–H groups in total. The molecule has 0 bridgehead atoms. The van der Waals surface area contributed by atoms with E-state index < -0.39 is 6.03 Å². The Labute approximate surface area is 142 Å². The summed E-state index contributed by atoms with van der Waals surface area (Å²) < 4.78 is 10.8. The van der Waals surface area contributed by atoms with Gasteiger partial charge in [-0.25, -0.2) is 4.79 Å². The summed E-state index contributed by atoms with van der Waals surface area (Å²) in [5.41, 5.74) is 5.68. The molecule has 0 aliphatic carbocycles. The van der Waals surface area contributed by atoms with Gasteiger partial charge in [-0.1, -0.05) is 0 Å². The lowest BCUT2D eigenvalue weighted by Crippen LogP contribution is -2.50. The lowest BCUT2D eigenvalue weighted by atomic mass is 10.0. The molecule has 0 saturated carbocycles. The molecule has 1 unspecified atom stereocenters.